The molecule has 0 radical (unpaired) electrons. The van der Waals surface area contributed by atoms with Gasteiger partial charge in [0.1, 0.15) is 0 Å². The fraction of sp³-hybridized carbons (Fsp3) is 0.857. The van der Waals surface area contributed by atoms with E-state index in [2.05, 4.69) is 0 Å². The van der Waals surface area contributed by atoms with Gasteiger partial charge in [-0.2, -0.15) is 0 Å². The van der Waals surface area contributed by atoms with Crippen molar-refractivity contribution in [3.8, 4) is 0 Å². The van der Waals surface area contributed by atoms with Crippen LogP contribution in [0.25, 0.3) is 0 Å². The van der Waals surface area contributed by atoms with Gasteiger partial charge in [0.15, 0.2) is 0 Å². The van der Waals surface area contributed by atoms with Gasteiger partial charge < -0.3 is 15.9 Å². The highest BCUT2D eigenvalue weighted by molar-refractivity contribution is 5.73. The van der Waals surface area contributed by atoms with Crippen LogP contribution in [0.1, 0.15) is 12.8 Å². The molecule has 64 valence electrons. The molecule has 4 N–H and O–H groups in total. The molecule has 0 aromatic rings. The van der Waals surface area contributed by atoms with Gasteiger partial charge >= 0.3 is 5.97 Å². The van der Waals surface area contributed by atoms with E-state index in [-0.39, 0.29) is 24.5 Å². The van der Waals surface area contributed by atoms with Gasteiger partial charge in [-0.1, -0.05) is 0 Å². The minimum atomic E-state index is -0.736. The Kier molecular flexibility index (Phi) is 2.46. The second-order valence-electron chi connectivity index (χ2n) is 3.12. The molecule has 4 heteroatoms. The number of aliphatic hydroxyl groups excluding tert-OH is 1. The molecular formula is C7H13NO3. The highest BCUT2D eigenvalue weighted by atomic mass is 16.4. The molecule has 4 nitrogen and oxygen atoms in total. The predicted octanol–water partition coefficient (Wildman–Crippen LogP) is -0.583. The van der Waals surface area contributed by atoms with Crippen LogP contribution in [0.4, 0.5) is 0 Å². The summed E-state index contributed by atoms with van der Waals surface area (Å²) < 4.78 is 0. The van der Waals surface area contributed by atoms with E-state index in [1.807, 2.05) is 0 Å². The number of nitrogens with two attached hydrogens (primary N) is 1. The Morgan fingerprint density at radius 3 is 2.73 bits per heavy atom. The van der Waals surface area contributed by atoms with E-state index < -0.39 is 5.97 Å². The van der Waals surface area contributed by atoms with Crippen molar-refractivity contribution in [1.82, 2.24) is 0 Å². The molecule has 11 heavy (non-hydrogen) atoms. The summed E-state index contributed by atoms with van der Waals surface area (Å²) in [5.74, 6) is -0.734. The summed E-state index contributed by atoms with van der Waals surface area (Å²) in [7, 11) is 0. The van der Waals surface area contributed by atoms with Crippen molar-refractivity contribution in [1.29, 1.82) is 0 Å². The highest BCUT2D eigenvalue weighted by Gasteiger charge is 2.43. The molecule has 1 rings (SSSR count). The number of carboxylic acid groups (broad SMARTS) is 1. The average molecular weight is 159 g/mol. The molecule has 1 saturated carbocycles. The molecular weight excluding hydrogens is 146 g/mol. The zero-order valence-corrected chi connectivity index (χ0v) is 6.23. The van der Waals surface area contributed by atoms with Crippen molar-refractivity contribution in [2.24, 2.45) is 17.6 Å². The minimum absolute atomic E-state index is 0.0527. The molecule has 3 atom stereocenters. The Hall–Kier alpha value is -0.610. The number of carboxylic acids is 1. The number of aliphatic carboxylic acids is 1. The van der Waals surface area contributed by atoms with Crippen LogP contribution in [0.15, 0.2) is 0 Å². The van der Waals surface area contributed by atoms with Crippen LogP contribution in [0.2, 0.25) is 0 Å². The van der Waals surface area contributed by atoms with Gasteiger partial charge in [-0.05, 0) is 18.8 Å². The number of rotatable bonds is 4. The monoisotopic (exact) mass is 159 g/mol. The second-order valence-corrected chi connectivity index (χ2v) is 3.12. The molecule has 1 aliphatic carbocycles. The lowest BCUT2D eigenvalue weighted by molar-refractivity contribution is -0.138. The van der Waals surface area contributed by atoms with E-state index in [1.165, 1.54) is 0 Å². The van der Waals surface area contributed by atoms with Crippen LogP contribution in [0.3, 0.4) is 0 Å². The lowest BCUT2D eigenvalue weighted by Crippen LogP contribution is -2.25. The summed E-state index contributed by atoms with van der Waals surface area (Å²) in [6, 6.07) is -0.246. The van der Waals surface area contributed by atoms with E-state index in [1.54, 1.807) is 0 Å². The summed E-state index contributed by atoms with van der Waals surface area (Å²) in [6.45, 7) is -0.0527. The van der Waals surface area contributed by atoms with Crippen LogP contribution < -0.4 is 5.73 Å². The Bertz CT molecular complexity index is 160. The van der Waals surface area contributed by atoms with Crippen molar-refractivity contribution in [3.63, 3.8) is 0 Å². The van der Waals surface area contributed by atoms with E-state index in [0.717, 1.165) is 6.42 Å². The number of hydrogen-bond acceptors (Lipinski definition) is 3. The molecule has 0 bridgehead atoms. The fourth-order valence-corrected chi connectivity index (χ4v) is 1.27. The van der Waals surface area contributed by atoms with Gasteiger partial charge in [0, 0.05) is 6.04 Å². The lowest BCUT2D eigenvalue weighted by atomic mass is 10.1. The summed E-state index contributed by atoms with van der Waals surface area (Å²) in [4.78, 5) is 10.3. The number of carbonyl (C=O) groups is 1. The highest BCUT2D eigenvalue weighted by Crippen LogP contribution is 2.41. The molecule has 0 aromatic heterocycles. The van der Waals surface area contributed by atoms with Crippen LogP contribution in [0, 0.1) is 11.8 Å². The first-order chi connectivity index (χ1) is 5.15. The van der Waals surface area contributed by atoms with Crippen molar-refractivity contribution in [2.75, 3.05) is 6.61 Å². The predicted molar refractivity (Wildman–Crippen MR) is 38.9 cm³/mol. The Morgan fingerprint density at radius 2 is 2.36 bits per heavy atom. The third-order valence-corrected chi connectivity index (χ3v) is 2.08. The van der Waals surface area contributed by atoms with Crippen molar-refractivity contribution in [3.05, 3.63) is 0 Å². The van der Waals surface area contributed by atoms with Crippen LogP contribution in [0.5, 0.6) is 0 Å². The van der Waals surface area contributed by atoms with Gasteiger partial charge in [0.25, 0.3) is 0 Å². The Morgan fingerprint density at radius 1 is 1.73 bits per heavy atom. The van der Waals surface area contributed by atoms with Crippen LogP contribution >= 0.6 is 0 Å². The third-order valence-electron chi connectivity index (χ3n) is 2.08. The standard InChI is InChI=1S/C7H13NO3/c8-5(3-9)1-4-2-6(4)7(10)11/h4-6,9H,1-3,8H2,(H,10,11). The lowest BCUT2D eigenvalue weighted by Gasteiger charge is -2.05. The molecule has 1 fully saturated rings. The zero-order chi connectivity index (χ0) is 8.43. The molecule has 0 spiro atoms. The van der Waals surface area contributed by atoms with E-state index in [4.69, 9.17) is 15.9 Å². The van der Waals surface area contributed by atoms with Gasteiger partial charge in [-0.3, -0.25) is 4.79 Å². The van der Waals surface area contributed by atoms with Gasteiger partial charge in [0.2, 0.25) is 0 Å². The van der Waals surface area contributed by atoms with E-state index in [0.29, 0.717) is 6.42 Å². The topological polar surface area (TPSA) is 83.5 Å². The number of hydrogen-bond donors (Lipinski definition) is 3. The largest absolute Gasteiger partial charge is 0.481 e. The molecule has 0 heterocycles. The number of aliphatic hydroxyl groups is 1. The first kappa shape index (κ1) is 8.49. The maximum atomic E-state index is 10.3. The SMILES string of the molecule is NC(CO)CC1CC1C(=O)O. The average Bonchev–Trinajstić information content (AvgIpc) is 2.67. The maximum Gasteiger partial charge on any atom is 0.306 e. The molecule has 0 aromatic carbocycles. The fourth-order valence-electron chi connectivity index (χ4n) is 1.27. The maximum absolute atomic E-state index is 10.3. The van der Waals surface area contributed by atoms with Gasteiger partial charge in [-0.25, -0.2) is 0 Å². The summed E-state index contributed by atoms with van der Waals surface area (Å²) in [5.41, 5.74) is 5.43. The first-order valence-corrected chi connectivity index (χ1v) is 3.74. The summed E-state index contributed by atoms with van der Waals surface area (Å²) in [6.07, 6.45) is 1.36. The molecule has 1 aliphatic rings. The third kappa shape index (κ3) is 2.17. The van der Waals surface area contributed by atoms with Gasteiger partial charge in [-0.15, -0.1) is 0 Å². The van der Waals surface area contributed by atoms with Crippen LogP contribution in [-0.2, 0) is 4.79 Å². The molecule has 0 amide bonds. The minimum Gasteiger partial charge on any atom is -0.481 e. The quantitative estimate of drug-likeness (QED) is 0.512. The molecule has 3 unspecified atom stereocenters. The summed E-state index contributed by atoms with van der Waals surface area (Å²) in [5, 5.41) is 17.1. The van der Waals surface area contributed by atoms with Crippen LogP contribution in [-0.4, -0.2) is 28.8 Å². The van der Waals surface area contributed by atoms with Crippen molar-refractivity contribution >= 4 is 5.97 Å². The Labute approximate surface area is 65.0 Å². The molecule has 0 saturated heterocycles. The molecule has 0 aliphatic heterocycles. The Balaban J connectivity index is 2.18. The first-order valence-electron chi connectivity index (χ1n) is 3.74. The van der Waals surface area contributed by atoms with E-state index >= 15 is 0 Å². The normalized spacial score (nSPS) is 31.5. The van der Waals surface area contributed by atoms with Crippen molar-refractivity contribution in [2.45, 2.75) is 18.9 Å². The van der Waals surface area contributed by atoms with Crippen molar-refractivity contribution < 1.29 is 15.0 Å². The second kappa shape index (κ2) is 3.19. The zero-order valence-electron chi connectivity index (χ0n) is 6.23. The van der Waals surface area contributed by atoms with E-state index in [9.17, 15) is 4.79 Å². The van der Waals surface area contributed by atoms with Gasteiger partial charge in [0.05, 0.1) is 12.5 Å². The summed E-state index contributed by atoms with van der Waals surface area (Å²) >= 11 is 0. The smallest absolute Gasteiger partial charge is 0.306 e.